The lowest BCUT2D eigenvalue weighted by Gasteiger charge is -2.30. The molecule has 0 heterocycles. The Balaban J connectivity index is 3.00. The van der Waals surface area contributed by atoms with Crippen LogP contribution in [0, 0.1) is 5.92 Å². The molecule has 0 N–H and O–H groups in total. The van der Waals surface area contributed by atoms with Gasteiger partial charge in [-0.05, 0) is 12.8 Å². The molecule has 1 unspecified atom stereocenters. The van der Waals surface area contributed by atoms with E-state index in [1.807, 2.05) is 0 Å². The summed E-state index contributed by atoms with van der Waals surface area (Å²) in [5.74, 6) is -2.57. The van der Waals surface area contributed by atoms with Gasteiger partial charge in [0.2, 0.25) is 0 Å². The van der Waals surface area contributed by atoms with Gasteiger partial charge in [-0.25, -0.2) is 8.42 Å². The van der Waals surface area contributed by atoms with Crippen molar-refractivity contribution in [3.63, 3.8) is 0 Å². The summed E-state index contributed by atoms with van der Waals surface area (Å²) in [6, 6.07) is 0. The summed E-state index contributed by atoms with van der Waals surface area (Å²) in [7, 11) is -6.63. The fourth-order valence-electron chi connectivity index (χ4n) is 1.83. The van der Waals surface area contributed by atoms with E-state index in [-0.39, 0.29) is 12.8 Å². The number of halogens is 5. The lowest BCUT2D eigenvalue weighted by Crippen LogP contribution is -2.52. The van der Waals surface area contributed by atoms with Crippen LogP contribution in [0.1, 0.15) is 25.7 Å². The third-order valence-electron chi connectivity index (χ3n) is 2.86. The SMILES string of the molecule is O=C(OC(C(F)(F)F)C(F)(F)S(=O)(=O)[O-])C1CCCC1. The Labute approximate surface area is 110 Å². The van der Waals surface area contributed by atoms with E-state index in [4.69, 9.17) is 0 Å². The van der Waals surface area contributed by atoms with Crippen molar-refractivity contribution in [1.82, 2.24) is 0 Å². The molecule has 0 saturated heterocycles. The van der Waals surface area contributed by atoms with Crippen LogP contribution in [0.3, 0.4) is 0 Å². The van der Waals surface area contributed by atoms with Gasteiger partial charge >= 0.3 is 17.4 Å². The number of hydrogen-bond acceptors (Lipinski definition) is 5. The average Bonchev–Trinajstić information content (AvgIpc) is 2.75. The van der Waals surface area contributed by atoms with Gasteiger partial charge < -0.3 is 9.29 Å². The minimum atomic E-state index is -6.63. The standard InChI is InChI=1S/C9H11F5O5S/c10-8(11,12)7(9(13,14)20(16,17)18)19-6(15)5-3-1-2-4-5/h5,7H,1-4H2,(H,16,17,18)/p-1. The molecular formula is C9H10F5O5S-. The van der Waals surface area contributed by atoms with Crippen LogP contribution < -0.4 is 0 Å². The monoisotopic (exact) mass is 325 g/mol. The van der Waals surface area contributed by atoms with E-state index in [1.165, 1.54) is 0 Å². The van der Waals surface area contributed by atoms with Gasteiger partial charge in [-0.15, -0.1) is 0 Å². The number of alkyl halides is 5. The van der Waals surface area contributed by atoms with E-state index in [9.17, 15) is 39.7 Å². The average molecular weight is 325 g/mol. The molecule has 20 heavy (non-hydrogen) atoms. The molecule has 0 amide bonds. The Hall–Kier alpha value is -0.970. The highest BCUT2D eigenvalue weighted by Gasteiger charge is 2.63. The molecule has 0 aliphatic heterocycles. The number of ether oxygens (including phenoxy) is 1. The Morgan fingerprint density at radius 2 is 1.60 bits per heavy atom. The Kier molecular flexibility index (Phi) is 4.64. The fraction of sp³-hybridized carbons (Fsp3) is 0.889. The van der Waals surface area contributed by atoms with E-state index in [2.05, 4.69) is 4.74 Å². The highest BCUT2D eigenvalue weighted by molar-refractivity contribution is 7.86. The number of carbonyl (C=O) groups is 1. The van der Waals surface area contributed by atoms with Crippen LogP contribution in [0.25, 0.3) is 0 Å². The lowest BCUT2D eigenvalue weighted by molar-refractivity contribution is -0.260. The second-order valence-corrected chi connectivity index (χ2v) is 5.81. The van der Waals surface area contributed by atoms with Crippen LogP contribution in [0.2, 0.25) is 0 Å². The van der Waals surface area contributed by atoms with Crippen molar-refractivity contribution in [3.8, 4) is 0 Å². The number of rotatable bonds is 4. The van der Waals surface area contributed by atoms with Gasteiger partial charge in [-0.1, -0.05) is 12.8 Å². The molecule has 1 aliphatic rings. The molecule has 1 aliphatic carbocycles. The summed E-state index contributed by atoms with van der Waals surface area (Å²) in [6.07, 6.45) is -8.81. The van der Waals surface area contributed by atoms with E-state index in [1.54, 1.807) is 0 Å². The third-order valence-corrected chi connectivity index (χ3v) is 3.74. The maximum atomic E-state index is 13.0. The quantitative estimate of drug-likeness (QED) is 0.447. The van der Waals surface area contributed by atoms with Crippen molar-refractivity contribution >= 4 is 16.1 Å². The van der Waals surface area contributed by atoms with Crippen LogP contribution in [0.15, 0.2) is 0 Å². The molecule has 0 spiro atoms. The summed E-state index contributed by atoms with van der Waals surface area (Å²) < 4.78 is 97.7. The zero-order chi connectivity index (χ0) is 15.8. The molecule has 0 bridgehead atoms. The molecule has 0 aromatic rings. The second-order valence-electron chi connectivity index (χ2n) is 4.36. The van der Waals surface area contributed by atoms with E-state index in [0.29, 0.717) is 12.8 Å². The summed E-state index contributed by atoms with van der Waals surface area (Å²) in [5, 5.41) is -5.78. The highest BCUT2D eigenvalue weighted by atomic mass is 32.2. The second kappa shape index (κ2) is 5.43. The molecule has 1 saturated carbocycles. The van der Waals surface area contributed by atoms with Gasteiger partial charge in [0.15, 0.2) is 10.1 Å². The van der Waals surface area contributed by atoms with Crippen molar-refractivity contribution in [2.24, 2.45) is 5.92 Å². The number of esters is 1. The van der Waals surface area contributed by atoms with Crippen molar-refractivity contribution in [3.05, 3.63) is 0 Å². The topological polar surface area (TPSA) is 83.5 Å². The number of hydrogen-bond donors (Lipinski definition) is 0. The van der Waals surface area contributed by atoms with Crippen LogP contribution in [-0.4, -0.2) is 36.5 Å². The predicted octanol–water partition coefficient (Wildman–Crippen LogP) is 1.79. The van der Waals surface area contributed by atoms with Crippen molar-refractivity contribution in [2.75, 3.05) is 0 Å². The first-order valence-corrected chi connectivity index (χ1v) is 6.88. The minimum absolute atomic E-state index is 0.166. The largest absolute Gasteiger partial charge is 0.743 e. The van der Waals surface area contributed by atoms with Gasteiger partial charge in [0.25, 0.3) is 6.10 Å². The molecule has 118 valence electrons. The van der Waals surface area contributed by atoms with E-state index >= 15 is 0 Å². The van der Waals surface area contributed by atoms with Gasteiger partial charge in [0.05, 0.1) is 5.92 Å². The van der Waals surface area contributed by atoms with Gasteiger partial charge in [0.1, 0.15) is 0 Å². The van der Waals surface area contributed by atoms with Crippen LogP contribution in [0.4, 0.5) is 22.0 Å². The molecule has 0 radical (unpaired) electrons. The highest BCUT2D eigenvalue weighted by Crippen LogP contribution is 2.39. The minimum Gasteiger partial charge on any atom is -0.743 e. The lowest BCUT2D eigenvalue weighted by atomic mass is 10.1. The smallest absolute Gasteiger partial charge is 0.432 e. The molecule has 1 atom stereocenters. The first-order valence-electron chi connectivity index (χ1n) is 5.48. The normalized spacial score (nSPS) is 19.9. The molecule has 0 aromatic heterocycles. The first kappa shape index (κ1) is 17.1. The van der Waals surface area contributed by atoms with Crippen LogP contribution in [0.5, 0.6) is 0 Å². The van der Waals surface area contributed by atoms with Gasteiger partial charge in [0, 0.05) is 0 Å². The summed E-state index contributed by atoms with van der Waals surface area (Å²) >= 11 is 0. The molecule has 1 rings (SSSR count). The Morgan fingerprint density at radius 3 is 1.95 bits per heavy atom. The zero-order valence-electron chi connectivity index (χ0n) is 9.82. The van der Waals surface area contributed by atoms with Crippen LogP contribution in [-0.2, 0) is 19.6 Å². The predicted molar refractivity (Wildman–Crippen MR) is 52.5 cm³/mol. The van der Waals surface area contributed by atoms with Gasteiger partial charge in [-0.3, -0.25) is 4.79 Å². The molecule has 11 heteroatoms. The molecular weight excluding hydrogens is 315 g/mol. The Morgan fingerprint density at radius 1 is 1.15 bits per heavy atom. The van der Waals surface area contributed by atoms with Crippen LogP contribution >= 0.6 is 0 Å². The van der Waals surface area contributed by atoms with Crippen molar-refractivity contribution in [2.45, 2.75) is 43.2 Å². The Bertz CT molecular complexity index is 466. The first-order chi connectivity index (χ1) is 8.87. The van der Waals surface area contributed by atoms with E-state index < -0.39 is 39.5 Å². The van der Waals surface area contributed by atoms with Gasteiger partial charge in [-0.2, -0.15) is 22.0 Å². The summed E-state index contributed by atoms with van der Waals surface area (Å²) in [5.41, 5.74) is 0. The zero-order valence-corrected chi connectivity index (χ0v) is 10.6. The maximum Gasteiger partial charge on any atom is 0.432 e. The fourth-order valence-corrected chi connectivity index (χ4v) is 2.27. The maximum absolute atomic E-state index is 13.0. The van der Waals surface area contributed by atoms with Crippen molar-refractivity contribution in [1.29, 1.82) is 0 Å². The van der Waals surface area contributed by atoms with Crippen molar-refractivity contribution < 1.29 is 44.5 Å². The molecule has 0 aromatic carbocycles. The van der Waals surface area contributed by atoms with E-state index in [0.717, 1.165) is 0 Å². The summed E-state index contributed by atoms with van der Waals surface area (Å²) in [4.78, 5) is 11.3. The molecule has 5 nitrogen and oxygen atoms in total. The summed E-state index contributed by atoms with van der Waals surface area (Å²) in [6.45, 7) is 0. The number of carbonyl (C=O) groups excluding carboxylic acids is 1. The molecule has 1 fully saturated rings. The third kappa shape index (κ3) is 3.57.